The molecule has 0 aliphatic rings. The quantitative estimate of drug-likeness (QED) is 0.835. The molecule has 7 heteroatoms. The van der Waals surface area contributed by atoms with Crippen LogP contribution in [0, 0.1) is 11.3 Å². The summed E-state index contributed by atoms with van der Waals surface area (Å²) in [7, 11) is 0. The molecular weight excluding hydrogens is 257 g/mol. The summed E-state index contributed by atoms with van der Waals surface area (Å²) in [5, 5.41) is 8.61. The van der Waals surface area contributed by atoms with E-state index < -0.39 is 12.0 Å². The lowest BCUT2D eigenvalue weighted by atomic mass is 10.1. The van der Waals surface area contributed by atoms with Gasteiger partial charge in [0, 0.05) is 30.7 Å². The van der Waals surface area contributed by atoms with E-state index in [1.165, 1.54) is 6.20 Å². The van der Waals surface area contributed by atoms with Crippen molar-refractivity contribution in [3.63, 3.8) is 0 Å². The Morgan fingerprint density at radius 2 is 1.74 bits per heavy atom. The van der Waals surface area contributed by atoms with E-state index in [1.807, 2.05) is 6.07 Å². The van der Waals surface area contributed by atoms with E-state index in [-0.39, 0.29) is 0 Å². The fourth-order valence-corrected chi connectivity index (χ4v) is 1.40. The van der Waals surface area contributed by atoms with Crippen LogP contribution in [0.1, 0.15) is 22.6 Å². The lowest BCUT2D eigenvalue weighted by molar-refractivity contribution is -0.145. The first-order valence-corrected chi connectivity index (χ1v) is 5.22. The van der Waals surface area contributed by atoms with E-state index in [0.717, 1.165) is 12.4 Å². The van der Waals surface area contributed by atoms with Gasteiger partial charge in [-0.2, -0.15) is 18.4 Å². The maximum atomic E-state index is 12.3. The molecule has 0 amide bonds. The van der Waals surface area contributed by atoms with Gasteiger partial charge in [0.15, 0.2) is 0 Å². The first-order chi connectivity index (χ1) is 8.99. The molecule has 0 atom stereocenters. The van der Waals surface area contributed by atoms with Crippen molar-refractivity contribution >= 4 is 0 Å². The molecule has 2 rings (SSSR count). The summed E-state index contributed by atoms with van der Waals surface area (Å²) in [5.74, 6) is -1.16. The highest BCUT2D eigenvalue weighted by Gasteiger charge is 2.34. The normalized spacial score (nSPS) is 11.1. The molecule has 0 saturated heterocycles. The molecule has 0 fully saturated rings. The Balaban J connectivity index is 2.13. The molecule has 2 aromatic heterocycles. The van der Waals surface area contributed by atoms with Gasteiger partial charge in [-0.25, -0.2) is 9.97 Å². The molecule has 0 aliphatic carbocycles. The van der Waals surface area contributed by atoms with Crippen LogP contribution in [-0.4, -0.2) is 15.0 Å². The highest BCUT2D eigenvalue weighted by Crippen LogP contribution is 2.25. The Kier molecular flexibility index (Phi) is 3.42. The Bertz CT molecular complexity index is 597. The molecule has 0 unspecified atom stereocenters. The molecule has 0 aliphatic heterocycles. The van der Waals surface area contributed by atoms with Gasteiger partial charge in [0.2, 0.25) is 5.82 Å². The molecular formula is C12H7F3N4. The van der Waals surface area contributed by atoms with Crippen molar-refractivity contribution in [3.05, 3.63) is 53.4 Å². The monoisotopic (exact) mass is 264 g/mol. The molecule has 2 aromatic rings. The fourth-order valence-electron chi connectivity index (χ4n) is 1.40. The third-order valence-electron chi connectivity index (χ3n) is 2.30. The minimum absolute atomic E-state index is 0.309. The predicted molar refractivity (Wildman–Crippen MR) is 58.8 cm³/mol. The Labute approximate surface area is 106 Å². The fraction of sp³-hybridized carbons (Fsp3) is 0.167. The zero-order valence-corrected chi connectivity index (χ0v) is 9.52. The van der Waals surface area contributed by atoms with Crippen molar-refractivity contribution in [2.75, 3.05) is 0 Å². The van der Waals surface area contributed by atoms with Crippen LogP contribution in [0.3, 0.4) is 0 Å². The van der Waals surface area contributed by atoms with E-state index in [1.54, 1.807) is 12.1 Å². The van der Waals surface area contributed by atoms with Gasteiger partial charge in [-0.1, -0.05) is 0 Å². The molecule has 96 valence electrons. The standard InChI is InChI=1S/C12H7F3N4/c13-12(14,15)11-18-6-9(7-19-11)3-10-2-1-8(4-16)5-17-10/h1-2,5-7H,3H2. The van der Waals surface area contributed by atoms with Crippen LogP contribution in [0.25, 0.3) is 0 Å². The average molecular weight is 264 g/mol. The minimum atomic E-state index is -4.54. The van der Waals surface area contributed by atoms with Crippen molar-refractivity contribution < 1.29 is 13.2 Å². The van der Waals surface area contributed by atoms with Gasteiger partial charge in [-0.15, -0.1) is 0 Å². The second-order valence-corrected chi connectivity index (χ2v) is 3.74. The van der Waals surface area contributed by atoms with Gasteiger partial charge in [-0.3, -0.25) is 4.98 Å². The summed E-state index contributed by atoms with van der Waals surface area (Å²) >= 11 is 0. The van der Waals surface area contributed by atoms with E-state index in [0.29, 0.717) is 23.2 Å². The number of alkyl halides is 3. The SMILES string of the molecule is N#Cc1ccc(Cc2cnc(C(F)(F)F)nc2)nc1. The smallest absolute Gasteiger partial charge is 0.260 e. The number of hydrogen-bond donors (Lipinski definition) is 0. The molecule has 19 heavy (non-hydrogen) atoms. The van der Waals surface area contributed by atoms with Crippen molar-refractivity contribution in [1.29, 1.82) is 5.26 Å². The van der Waals surface area contributed by atoms with Crippen LogP contribution in [0.5, 0.6) is 0 Å². The number of nitriles is 1. The first-order valence-electron chi connectivity index (χ1n) is 5.22. The number of nitrogens with zero attached hydrogens (tertiary/aromatic N) is 4. The summed E-state index contributed by atoms with van der Waals surface area (Å²) in [6.07, 6.45) is -0.583. The second-order valence-electron chi connectivity index (χ2n) is 3.74. The van der Waals surface area contributed by atoms with Crippen molar-refractivity contribution in [2.24, 2.45) is 0 Å². The highest BCUT2D eigenvalue weighted by molar-refractivity contribution is 5.28. The van der Waals surface area contributed by atoms with E-state index in [4.69, 9.17) is 5.26 Å². The number of aromatic nitrogens is 3. The number of rotatable bonds is 2. The van der Waals surface area contributed by atoms with Crippen molar-refractivity contribution in [1.82, 2.24) is 15.0 Å². The molecule has 0 spiro atoms. The van der Waals surface area contributed by atoms with Gasteiger partial charge in [0.1, 0.15) is 6.07 Å². The van der Waals surface area contributed by atoms with Crippen LogP contribution in [0.2, 0.25) is 0 Å². The van der Waals surface area contributed by atoms with Crippen molar-refractivity contribution in [3.8, 4) is 6.07 Å². The molecule has 0 radical (unpaired) electrons. The summed E-state index contributed by atoms with van der Waals surface area (Å²) in [4.78, 5) is 10.5. The van der Waals surface area contributed by atoms with Gasteiger partial charge in [0.05, 0.1) is 5.56 Å². The molecule has 2 heterocycles. The lowest BCUT2D eigenvalue weighted by Crippen LogP contribution is -2.11. The number of hydrogen-bond acceptors (Lipinski definition) is 4. The Morgan fingerprint density at radius 3 is 2.21 bits per heavy atom. The van der Waals surface area contributed by atoms with Gasteiger partial charge < -0.3 is 0 Å². The average Bonchev–Trinajstić information content (AvgIpc) is 2.39. The number of pyridine rings is 1. The number of halogens is 3. The first kappa shape index (κ1) is 13.0. The minimum Gasteiger partial charge on any atom is -0.260 e. The van der Waals surface area contributed by atoms with Crippen molar-refractivity contribution in [2.45, 2.75) is 12.6 Å². The molecule has 0 bridgehead atoms. The zero-order valence-electron chi connectivity index (χ0n) is 9.52. The Morgan fingerprint density at radius 1 is 1.05 bits per heavy atom. The van der Waals surface area contributed by atoms with Crippen LogP contribution in [0.4, 0.5) is 13.2 Å². The predicted octanol–water partition coefficient (Wildman–Crippen LogP) is 2.35. The van der Waals surface area contributed by atoms with Crippen LogP contribution >= 0.6 is 0 Å². The van der Waals surface area contributed by atoms with Crippen LogP contribution < -0.4 is 0 Å². The summed E-state index contributed by atoms with van der Waals surface area (Å²) in [6.45, 7) is 0. The summed E-state index contributed by atoms with van der Waals surface area (Å²) < 4.78 is 36.8. The summed E-state index contributed by atoms with van der Waals surface area (Å²) in [5.41, 5.74) is 1.57. The molecule has 4 nitrogen and oxygen atoms in total. The zero-order chi connectivity index (χ0) is 13.9. The summed E-state index contributed by atoms with van der Waals surface area (Å²) in [6, 6.07) is 5.16. The van der Waals surface area contributed by atoms with E-state index >= 15 is 0 Å². The molecule has 0 aromatic carbocycles. The van der Waals surface area contributed by atoms with Crippen LogP contribution in [-0.2, 0) is 12.6 Å². The third-order valence-corrected chi connectivity index (χ3v) is 2.30. The van der Waals surface area contributed by atoms with E-state index in [2.05, 4.69) is 15.0 Å². The third kappa shape index (κ3) is 3.25. The Hall–Kier alpha value is -2.49. The highest BCUT2D eigenvalue weighted by atomic mass is 19.4. The second kappa shape index (κ2) is 5.02. The van der Waals surface area contributed by atoms with Gasteiger partial charge in [-0.05, 0) is 17.7 Å². The lowest BCUT2D eigenvalue weighted by Gasteiger charge is -2.05. The van der Waals surface area contributed by atoms with Gasteiger partial charge >= 0.3 is 6.18 Å². The van der Waals surface area contributed by atoms with Crippen LogP contribution in [0.15, 0.2) is 30.7 Å². The maximum Gasteiger partial charge on any atom is 0.451 e. The molecule has 0 N–H and O–H groups in total. The molecule has 0 saturated carbocycles. The topological polar surface area (TPSA) is 62.5 Å². The van der Waals surface area contributed by atoms with E-state index in [9.17, 15) is 13.2 Å². The maximum absolute atomic E-state index is 12.3. The largest absolute Gasteiger partial charge is 0.451 e. The van der Waals surface area contributed by atoms with Gasteiger partial charge in [0.25, 0.3) is 0 Å².